The van der Waals surface area contributed by atoms with Gasteiger partial charge in [0.2, 0.25) is 5.82 Å². The van der Waals surface area contributed by atoms with Crippen molar-refractivity contribution in [3.8, 4) is 6.07 Å². The molecule has 2 aromatic rings. The molecule has 0 unspecified atom stereocenters. The molecule has 2 rings (SSSR count). The van der Waals surface area contributed by atoms with Crippen molar-refractivity contribution in [2.75, 3.05) is 5.32 Å². The first kappa shape index (κ1) is 9.36. The van der Waals surface area contributed by atoms with Crippen LogP contribution in [0.5, 0.6) is 0 Å². The van der Waals surface area contributed by atoms with Gasteiger partial charge in [0.15, 0.2) is 0 Å². The van der Waals surface area contributed by atoms with E-state index in [1.54, 1.807) is 11.4 Å². The molecule has 0 aromatic carbocycles. The fourth-order valence-electron chi connectivity index (χ4n) is 0.971. The third-order valence-electron chi connectivity index (χ3n) is 1.64. The maximum absolute atomic E-state index is 11.5. The Morgan fingerprint density at radius 3 is 3.20 bits per heavy atom. The average Bonchev–Trinajstić information content (AvgIpc) is 2.87. The molecule has 6 nitrogen and oxygen atoms in total. The number of nitriles is 1. The molecule has 0 bridgehead atoms. The number of rotatable bonds is 2. The zero-order chi connectivity index (χ0) is 10.7. The number of amides is 1. The first-order valence-corrected chi connectivity index (χ1v) is 4.83. The standard InChI is InChI=1S/C8H5N5OS/c9-3-5-1-2-15-8(5)12-7(14)6-10-4-11-13-6/h1-2,4H,(H,12,14)(H,10,11,13). The Labute approximate surface area is 88.6 Å². The molecule has 2 heterocycles. The van der Waals surface area contributed by atoms with Gasteiger partial charge in [-0.3, -0.25) is 9.89 Å². The number of thiophene rings is 1. The summed E-state index contributed by atoms with van der Waals surface area (Å²) in [7, 11) is 0. The topological polar surface area (TPSA) is 94.5 Å². The number of nitrogens with zero attached hydrogens (tertiary/aromatic N) is 3. The van der Waals surface area contributed by atoms with Gasteiger partial charge in [-0.05, 0) is 11.4 Å². The van der Waals surface area contributed by atoms with E-state index in [0.717, 1.165) is 0 Å². The highest BCUT2D eigenvalue weighted by Gasteiger charge is 2.11. The molecule has 7 heteroatoms. The van der Waals surface area contributed by atoms with Crippen LogP contribution < -0.4 is 5.32 Å². The molecule has 2 N–H and O–H groups in total. The Bertz CT molecular complexity index is 509. The summed E-state index contributed by atoms with van der Waals surface area (Å²) >= 11 is 1.28. The van der Waals surface area contributed by atoms with Crippen molar-refractivity contribution < 1.29 is 4.79 Å². The molecular formula is C8H5N5OS. The fourth-order valence-corrected chi connectivity index (χ4v) is 1.70. The van der Waals surface area contributed by atoms with E-state index in [-0.39, 0.29) is 5.82 Å². The van der Waals surface area contributed by atoms with Gasteiger partial charge < -0.3 is 5.32 Å². The molecule has 0 saturated carbocycles. The molecule has 0 aliphatic carbocycles. The minimum absolute atomic E-state index is 0.118. The monoisotopic (exact) mass is 219 g/mol. The second kappa shape index (κ2) is 3.89. The lowest BCUT2D eigenvalue weighted by Gasteiger charge is -1.98. The lowest BCUT2D eigenvalue weighted by atomic mass is 10.3. The SMILES string of the molecule is N#Cc1ccsc1NC(=O)c1ncn[nH]1. The van der Waals surface area contributed by atoms with Crippen LogP contribution in [-0.4, -0.2) is 21.1 Å². The van der Waals surface area contributed by atoms with E-state index >= 15 is 0 Å². The van der Waals surface area contributed by atoms with Gasteiger partial charge in [0.25, 0.3) is 5.91 Å². The van der Waals surface area contributed by atoms with E-state index in [2.05, 4.69) is 20.5 Å². The Kier molecular flexibility index (Phi) is 2.43. The van der Waals surface area contributed by atoms with Crippen LogP contribution in [0, 0.1) is 11.3 Å². The van der Waals surface area contributed by atoms with Gasteiger partial charge in [-0.15, -0.1) is 11.3 Å². The van der Waals surface area contributed by atoms with Crippen LogP contribution in [0.3, 0.4) is 0 Å². The summed E-state index contributed by atoms with van der Waals surface area (Å²) < 4.78 is 0. The maximum Gasteiger partial charge on any atom is 0.293 e. The number of carbonyl (C=O) groups excluding carboxylic acids is 1. The quantitative estimate of drug-likeness (QED) is 0.787. The summed E-state index contributed by atoms with van der Waals surface area (Å²) in [5.74, 6) is -0.293. The lowest BCUT2D eigenvalue weighted by molar-refractivity contribution is 0.101. The zero-order valence-corrected chi connectivity index (χ0v) is 8.21. The second-order valence-electron chi connectivity index (χ2n) is 2.56. The molecule has 1 amide bonds. The summed E-state index contributed by atoms with van der Waals surface area (Å²) in [5.41, 5.74) is 0.438. The largest absolute Gasteiger partial charge is 0.310 e. The van der Waals surface area contributed by atoms with Gasteiger partial charge in [-0.2, -0.15) is 10.4 Å². The van der Waals surface area contributed by atoms with E-state index in [9.17, 15) is 4.79 Å². The van der Waals surface area contributed by atoms with Crippen LogP contribution >= 0.6 is 11.3 Å². The number of carbonyl (C=O) groups is 1. The Balaban J connectivity index is 2.17. The summed E-state index contributed by atoms with van der Waals surface area (Å²) in [6.07, 6.45) is 1.24. The third-order valence-corrected chi connectivity index (χ3v) is 2.47. The molecular weight excluding hydrogens is 214 g/mol. The molecule has 74 valence electrons. The van der Waals surface area contributed by atoms with E-state index < -0.39 is 5.91 Å². The summed E-state index contributed by atoms with van der Waals surface area (Å²) in [6, 6.07) is 3.62. The van der Waals surface area contributed by atoms with E-state index in [0.29, 0.717) is 10.6 Å². The smallest absolute Gasteiger partial charge is 0.293 e. The third kappa shape index (κ3) is 1.84. The number of nitrogens with one attached hydrogen (secondary N) is 2. The average molecular weight is 219 g/mol. The predicted octanol–water partition coefficient (Wildman–Crippen LogP) is 0.990. The van der Waals surface area contributed by atoms with Gasteiger partial charge in [0.1, 0.15) is 17.4 Å². The molecule has 0 radical (unpaired) electrons. The van der Waals surface area contributed by atoms with Crippen molar-refractivity contribution >= 4 is 22.2 Å². The molecule has 0 fully saturated rings. The molecule has 15 heavy (non-hydrogen) atoms. The number of hydrogen-bond donors (Lipinski definition) is 2. The molecule has 0 aliphatic heterocycles. The maximum atomic E-state index is 11.5. The lowest BCUT2D eigenvalue weighted by Crippen LogP contribution is -2.13. The van der Waals surface area contributed by atoms with Crippen molar-refractivity contribution in [2.24, 2.45) is 0 Å². The number of anilines is 1. The van der Waals surface area contributed by atoms with Gasteiger partial charge >= 0.3 is 0 Å². The van der Waals surface area contributed by atoms with Crippen molar-refractivity contribution in [1.82, 2.24) is 15.2 Å². The van der Waals surface area contributed by atoms with Crippen LogP contribution in [0.25, 0.3) is 0 Å². The second-order valence-corrected chi connectivity index (χ2v) is 3.48. The van der Waals surface area contributed by atoms with Crippen LogP contribution in [0.1, 0.15) is 16.2 Å². The van der Waals surface area contributed by atoms with E-state index in [4.69, 9.17) is 5.26 Å². The summed E-state index contributed by atoms with van der Waals surface area (Å²) in [4.78, 5) is 15.2. The molecule has 2 aromatic heterocycles. The van der Waals surface area contributed by atoms with Gasteiger partial charge in [-0.1, -0.05) is 0 Å². The van der Waals surface area contributed by atoms with E-state index in [1.807, 2.05) is 6.07 Å². The molecule has 0 spiro atoms. The highest BCUT2D eigenvalue weighted by Crippen LogP contribution is 2.22. The zero-order valence-electron chi connectivity index (χ0n) is 7.39. The van der Waals surface area contributed by atoms with Crippen LogP contribution in [0.2, 0.25) is 0 Å². The van der Waals surface area contributed by atoms with Crippen molar-refractivity contribution in [1.29, 1.82) is 5.26 Å². The fraction of sp³-hybridized carbons (Fsp3) is 0. The van der Waals surface area contributed by atoms with Gasteiger partial charge in [-0.25, -0.2) is 4.98 Å². The molecule has 0 aliphatic rings. The van der Waals surface area contributed by atoms with Gasteiger partial charge in [0.05, 0.1) is 5.56 Å². The highest BCUT2D eigenvalue weighted by atomic mass is 32.1. The van der Waals surface area contributed by atoms with Crippen LogP contribution in [0.4, 0.5) is 5.00 Å². The first-order chi connectivity index (χ1) is 7.31. The first-order valence-electron chi connectivity index (χ1n) is 3.95. The minimum atomic E-state index is -0.411. The number of hydrogen-bond acceptors (Lipinski definition) is 5. The normalized spacial score (nSPS) is 9.53. The Morgan fingerprint density at radius 2 is 2.53 bits per heavy atom. The Morgan fingerprint density at radius 1 is 1.67 bits per heavy atom. The van der Waals surface area contributed by atoms with Crippen molar-refractivity contribution in [3.63, 3.8) is 0 Å². The minimum Gasteiger partial charge on any atom is -0.310 e. The molecule has 0 saturated heterocycles. The summed E-state index contributed by atoms with van der Waals surface area (Å²) in [5, 5.41) is 19.5. The number of H-pyrrole nitrogens is 1. The summed E-state index contributed by atoms with van der Waals surface area (Å²) in [6.45, 7) is 0. The predicted molar refractivity (Wildman–Crippen MR) is 53.4 cm³/mol. The van der Waals surface area contributed by atoms with Crippen molar-refractivity contribution in [3.05, 3.63) is 29.2 Å². The Hall–Kier alpha value is -2.20. The van der Waals surface area contributed by atoms with Crippen LogP contribution in [0.15, 0.2) is 17.8 Å². The van der Waals surface area contributed by atoms with Crippen molar-refractivity contribution in [2.45, 2.75) is 0 Å². The van der Waals surface area contributed by atoms with Crippen LogP contribution in [-0.2, 0) is 0 Å². The number of aromatic nitrogens is 3. The van der Waals surface area contributed by atoms with E-state index in [1.165, 1.54) is 17.7 Å². The molecule has 0 atom stereocenters. The van der Waals surface area contributed by atoms with Gasteiger partial charge in [0, 0.05) is 0 Å². The highest BCUT2D eigenvalue weighted by molar-refractivity contribution is 7.14. The number of aromatic amines is 1.